The van der Waals surface area contributed by atoms with Crippen LogP contribution in [0.3, 0.4) is 0 Å². The van der Waals surface area contributed by atoms with Gasteiger partial charge in [0.2, 0.25) is 0 Å². The molecule has 1 aliphatic rings. The Balaban J connectivity index is 2.79. The Morgan fingerprint density at radius 3 is 2.00 bits per heavy atom. The SMILES string of the molecule is CCCC1C=C(OC)C(C)C(OC)=C1. The molecule has 0 saturated carbocycles. The van der Waals surface area contributed by atoms with Gasteiger partial charge in [0.1, 0.15) is 11.5 Å². The molecule has 0 aromatic carbocycles. The van der Waals surface area contributed by atoms with Gasteiger partial charge in [0.15, 0.2) is 0 Å². The summed E-state index contributed by atoms with van der Waals surface area (Å²) in [5, 5.41) is 0. The first-order valence-electron chi connectivity index (χ1n) is 5.24. The maximum atomic E-state index is 5.35. The monoisotopic (exact) mass is 196 g/mol. The van der Waals surface area contributed by atoms with Crippen LogP contribution in [-0.2, 0) is 9.47 Å². The van der Waals surface area contributed by atoms with E-state index in [9.17, 15) is 0 Å². The summed E-state index contributed by atoms with van der Waals surface area (Å²) < 4.78 is 10.7. The minimum absolute atomic E-state index is 0.262. The van der Waals surface area contributed by atoms with Crippen molar-refractivity contribution in [3.8, 4) is 0 Å². The standard InChI is InChI=1S/C12H20O2/c1-5-6-10-7-11(13-3)9(2)12(8-10)14-4/h7-10H,5-6H2,1-4H3. The molecule has 0 spiro atoms. The summed E-state index contributed by atoms with van der Waals surface area (Å²) in [6.07, 6.45) is 6.75. The highest BCUT2D eigenvalue weighted by Gasteiger charge is 2.22. The van der Waals surface area contributed by atoms with Crippen LogP contribution < -0.4 is 0 Å². The van der Waals surface area contributed by atoms with Crippen molar-refractivity contribution in [2.24, 2.45) is 11.8 Å². The summed E-state index contributed by atoms with van der Waals surface area (Å²) in [4.78, 5) is 0. The molecule has 0 radical (unpaired) electrons. The predicted octanol–water partition coefficient (Wildman–Crippen LogP) is 3.11. The van der Waals surface area contributed by atoms with Crippen molar-refractivity contribution in [2.45, 2.75) is 26.7 Å². The Morgan fingerprint density at radius 2 is 1.64 bits per heavy atom. The van der Waals surface area contributed by atoms with E-state index in [4.69, 9.17) is 9.47 Å². The van der Waals surface area contributed by atoms with Crippen molar-refractivity contribution in [2.75, 3.05) is 14.2 Å². The lowest BCUT2D eigenvalue weighted by Gasteiger charge is -2.24. The summed E-state index contributed by atoms with van der Waals surface area (Å²) in [6, 6.07) is 0. The zero-order valence-electron chi connectivity index (χ0n) is 9.54. The molecular formula is C12H20O2. The van der Waals surface area contributed by atoms with Gasteiger partial charge in [-0.25, -0.2) is 0 Å². The minimum Gasteiger partial charge on any atom is -0.501 e. The van der Waals surface area contributed by atoms with E-state index in [1.807, 2.05) is 0 Å². The highest BCUT2D eigenvalue weighted by Crippen LogP contribution is 2.30. The Morgan fingerprint density at radius 1 is 1.14 bits per heavy atom. The molecule has 14 heavy (non-hydrogen) atoms. The largest absolute Gasteiger partial charge is 0.501 e. The van der Waals surface area contributed by atoms with Crippen molar-refractivity contribution in [3.05, 3.63) is 23.7 Å². The molecule has 0 amide bonds. The van der Waals surface area contributed by atoms with Crippen LogP contribution in [0.4, 0.5) is 0 Å². The van der Waals surface area contributed by atoms with Gasteiger partial charge in [-0.2, -0.15) is 0 Å². The Labute approximate surface area is 86.6 Å². The second-order valence-corrected chi connectivity index (χ2v) is 3.72. The van der Waals surface area contributed by atoms with E-state index in [0.717, 1.165) is 17.9 Å². The third-order valence-corrected chi connectivity index (χ3v) is 2.70. The Kier molecular flexibility index (Phi) is 4.05. The van der Waals surface area contributed by atoms with Crippen LogP contribution >= 0.6 is 0 Å². The van der Waals surface area contributed by atoms with E-state index in [-0.39, 0.29) is 5.92 Å². The van der Waals surface area contributed by atoms with Crippen molar-refractivity contribution < 1.29 is 9.47 Å². The number of ether oxygens (including phenoxy) is 2. The van der Waals surface area contributed by atoms with Gasteiger partial charge in [-0.3, -0.25) is 0 Å². The van der Waals surface area contributed by atoms with Crippen LogP contribution in [0, 0.1) is 11.8 Å². The van der Waals surface area contributed by atoms with E-state index in [0.29, 0.717) is 5.92 Å². The topological polar surface area (TPSA) is 18.5 Å². The molecule has 0 unspecified atom stereocenters. The fourth-order valence-electron chi connectivity index (χ4n) is 1.89. The Bertz CT molecular complexity index is 219. The van der Waals surface area contributed by atoms with Gasteiger partial charge in [0.05, 0.1) is 20.1 Å². The van der Waals surface area contributed by atoms with Crippen LogP contribution in [0.2, 0.25) is 0 Å². The molecule has 0 aromatic heterocycles. The summed E-state index contributed by atoms with van der Waals surface area (Å²) in [5.41, 5.74) is 0. The minimum atomic E-state index is 0.262. The lowest BCUT2D eigenvalue weighted by atomic mass is 9.91. The number of methoxy groups -OCH3 is 2. The zero-order chi connectivity index (χ0) is 10.6. The van der Waals surface area contributed by atoms with Crippen LogP contribution in [0.15, 0.2) is 23.7 Å². The number of allylic oxidation sites excluding steroid dienone is 2. The second kappa shape index (κ2) is 5.08. The summed E-state index contributed by atoms with van der Waals surface area (Å²) in [7, 11) is 3.45. The molecule has 0 bridgehead atoms. The summed E-state index contributed by atoms with van der Waals surface area (Å²) in [6.45, 7) is 4.30. The molecule has 0 heterocycles. The van der Waals surface area contributed by atoms with Gasteiger partial charge >= 0.3 is 0 Å². The molecule has 0 atom stereocenters. The lowest BCUT2D eigenvalue weighted by molar-refractivity contribution is 0.191. The molecule has 0 aliphatic heterocycles. The van der Waals surface area contributed by atoms with Crippen LogP contribution in [0.5, 0.6) is 0 Å². The fraction of sp³-hybridized carbons (Fsp3) is 0.667. The quantitative estimate of drug-likeness (QED) is 0.687. The molecule has 2 nitrogen and oxygen atoms in total. The average molecular weight is 196 g/mol. The van der Waals surface area contributed by atoms with Gasteiger partial charge < -0.3 is 9.47 Å². The van der Waals surface area contributed by atoms with E-state index >= 15 is 0 Å². The molecule has 0 N–H and O–H groups in total. The molecular weight excluding hydrogens is 176 g/mol. The van der Waals surface area contributed by atoms with E-state index < -0.39 is 0 Å². The molecule has 1 aliphatic carbocycles. The maximum Gasteiger partial charge on any atom is 0.102 e. The van der Waals surface area contributed by atoms with Gasteiger partial charge in [-0.1, -0.05) is 13.3 Å². The smallest absolute Gasteiger partial charge is 0.102 e. The van der Waals surface area contributed by atoms with Crippen molar-refractivity contribution in [3.63, 3.8) is 0 Å². The third-order valence-electron chi connectivity index (χ3n) is 2.70. The van der Waals surface area contributed by atoms with Gasteiger partial charge in [-0.15, -0.1) is 0 Å². The first kappa shape index (κ1) is 11.2. The Hall–Kier alpha value is -0.920. The van der Waals surface area contributed by atoms with Gasteiger partial charge in [0.25, 0.3) is 0 Å². The summed E-state index contributed by atoms with van der Waals surface area (Å²) in [5.74, 6) is 2.80. The number of hydrogen-bond acceptors (Lipinski definition) is 2. The fourth-order valence-corrected chi connectivity index (χ4v) is 1.89. The predicted molar refractivity (Wildman–Crippen MR) is 57.7 cm³/mol. The molecule has 0 aromatic rings. The lowest BCUT2D eigenvalue weighted by Crippen LogP contribution is -2.14. The van der Waals surface area contributed by atoms with E-state index in [2.05, 4.69) is 26.0 Å². The number of rotatable bonds is 4. The molecule has 0 fully saturated rings. The van der Waals surface area contributed by atoms with E-state index in [1.54, 1.807) is 14.2 Å². The molecule has 1 rings (SSSR count). The average Bonchev–Trinajstić information content (AvgIpc) is 2.20. The molecule has 80 valence electrons. The van der Waals surface area contributed by atoms with Crippen LogP contribution in [-0.4, -0.2) is 14.2 Å². The first-order chi connectivity index (χ1) is 6.72. The van der Waals surface area contributed by atoms with Crippen LogP contribution in [0.1, 0.15) is 26.7 Å². The number of hydrogen-bond donors (Lipinski definition) is 0. The van der Waals surface area contributed by atoms with Crippen LogP contribution in [0.25, 0.3) is 0 Å². The van der Waals surface area contributed by atoms with Crippen molar-refractivity contribution >= 4 is 0 Å². The van der Waals surface area contributed by atoms with Gasteiger partial charge in [-0.05, 0) is 25.5 Å². The normalized spacial score (nSPS) is 26.6. The zero-order valence-corrected chi connectivity index (χ0v) is 9.54. The highest BCUT2D eigenvalue weighted by atomic mass is 16.5. The van der Waals surface area contributed by atoms with E-state index in [1.165, 1.54) is 6.42 Å². The van der Waals surface area contributed by atoms with Gasteiger partial charge in [0, 0.05) is 5.92 Å². The summed E-state index contributed by atoms with van der Waals surface area (Å²) >= 11 is 0. The first-order valence-corrected chi connectivity index (χ1v) is 5.24. The highest BCUT2D eigenvalue weighted by molar-refractivity contribution is 5.21. The van der Waals surface area contributed by atoms with Crippen molar-refractivity contribution in [1.29, 1.82) is 0 Å². The molecule has 0 saturated heterocycles. The maximum absolute atomic E-state index is 5.35. The van der Waals surface area contributed by atoms with Crippen molar-refractivity contribution in [1.82, 2.24) is 0 Å². The molecule has 2 heteroatoms. The second-order valence-electron chi connectivity index (χ2n) is 3.72. The third kappa shape index (κ3) is 2.31.